The van der Waals surface area contributed by atoms with E-state index in [2.05, 4.69) is 26.1 Å². The van der Waals surface area contributed by atoms with Gasteiger partial charge in [0, 0.05) is 6.54 Å². The van der Waals surface area contributed by atoms with Gasteiger partial charge < -0.3 is 4.90 Å². The van der Waals surface area contributed by atoms with Crippen LogP contribution in [-0.2, 0) is 4.79 Å². The number of halogens is 1. The number of carbonyl (C=O) groups is 1. The van der Waals surface area contributed by atoms with E-state index in [1.165, 1.54) is 12.1 Å². The molecule has 1 aromatic rings. The minimum Gasteiger partial charge on any atom is -0.322 e. The molecular formula is C15H21FN2O. The van der Waals surface area contributed by atoms with Crippen molar-refractivity contribution in [2.45, 2.75) is 33.4 Å². The number of hydrogen-bond acceptors (Lipinski definition) is 2. The summed E-state index contributed by atoms with van der Waals surface area (Å²) in [6.45, 7) is 7.55. The fourth-order valence-electron chi connectivity index (χ4n) is 2.19. The standard InChI is InChI=1S/C15H21FN2O/c1-15(2,3)8-9-18-13(19)10-17-14(18)11-4-6-12(16)7-5-11/h4-7,14,17H,8-10H2,1-3H3. The molecule has 0 aromatic heterocycles. The van der Waals surface area contributed by atoms with Crippen LogP contribution < -0.4 is 5.32 Å². The van der Waals surface area contributed by atoms with Crippen molar-refractivity contribution in [3.63, 3.8) is 0 Å². The van der Waals surface area contributed by atoms with Crippen LogP contribution >= 0.6 is 0 Å². The Bertz CT molecular complexity index is 450. The number of benzene rings is 1. The summed E-state index contributed by atoms with van der Waals surface area (Å²) >= 11 is 0. The first-order valence-corrected chi connectivity index (χ1v) is 6.65. The number of amides is 1. The number of hydrogen-bond donors (Lipinski definition) is 1. The maximum Gasteiger partial charge on any atom is 0.238 e. The van der Waals surface area contributed by atoms with Crippen LogP contribution in [0.4, 0.5) is 4.39 Å². The fraction of sp³-hybridized carbons (Fsp3) is 0.533. The molecule has 0 saturated carbocycles. The van der Waals surface area contributed by atoms with Crippen molar-refractivity contribution in [2.24, 2.45) is 5.41 Å². The van der Waals surface area contributed by atoms with Gasteiger partial charge in [0.15, 0.2) is 0 Å². The van der Waals surface area contributed by atoms with Crippen LogP contribution in [0.2, 0.25) is 0 Å². The average Bonchev–Trinajstić information content (AvgIpc) is 2.68. The maximum atomic E-state index is 13.0. The largest absolute Gasteiger partial charge is 0.322 e. The molecule has 1 unspecified atom stereocenters. The summed E-state index contributed by atoms with van der Waals surface area (Å²) in [5.74, 6) is -0.145. The van der Waals surface area contributed by atoms with E-state index in [0.29, 0.717) is 6.54 Å². The fourth-order valence-corrected chi connectivity index (χ4v) is 2.19. The van der Waals surface area contributed by atoms with Crippen molar-refractivity contribution in [3.8, 4) is 0 Å². The van der Waals surface area contributed by atoms with Crippen molar-refractivity contribution in [1.82, 2.24) is 10.2 Å². The van der Waals surface area contributed by atoms with E-state index in [1.54, 1.807) is 12.1 Å². The van der Waals surface area contributed by atoms with Gasteiger partial charge in [-0.05, 0) is 29.5 Å². The third-order valence-electron chi connectivity index (χ3n) is 3.37. The number of rotatable bonds is 3. The zero-order valence-electron chi connectivity index (χ0n) is 11.7. The summed E-state index contributed by atoms with van der Waals surface area (Å²) in [7, 11) is 0. The Morgan fingerprint density at radius 2 is 1.95 bits per heavy atom. The molecular weight excluding hydrogens is 243 g/mol. The molecule has 0 spiro atoms. The molecule has 3 nitrogen and oxygen atoms in total. The summed E-state index contributed by atoms with van der Waals surface area (Å²) in [5.41, 5.74) is 1.12. The summed E-state index contributed by atoms with van der Waals surface area (Å²) in [5, 5.41) is 3.18. The van der Waals surface area contributed by atoms with Crippen molar-refractivity contribution < 1.29 is 9.18 Å². The first-order chi connectivity index (χ1) is 8.87. The normalized spacial score (nSPS) is 20.1. The summed E-state index contributed by atoms with van der Waals surface area (Å²) < 4.78 is 13.0. The number of nitrogens with zero attached hydrogens (tertiary/aromatic N) is 1. The molecule has 1 N–H and O–H groups in total. The minimum absolute atomic E-state index is 0.110. The summed E-state index contributed by atoms with van der Waals surface area (Å²) in [4.78, 5) is 13.8. The second kappa shape index (κ2) is 5.29. The second-order valence-electron chi connectivity index (χ2n) is 6.23. The van der Waals surface area contributed by atoms with E-state index in [-0.39, 0.29) is 23.3 Å². The van der Waals surface area contributed by atoms with Gasteiger partial charge >= 0.3 is 0 Å². The van der Waals surface area contributed by atoms with Gasteiger partial charge in [0.05, 0.1) is 6.54 Å². The molecule has 1 aliphatic rings. The molecule has 0 radical (unpaired) electrons. The molecule has 2 rings (SSSR count). The quantitative estimate of drug-likeness (QED) is 0.910. The molecule has 19 heavy (non-hydrogen) atoms. The van der Waals surface area contributed by atoms with Gasteiger partial charge in [-0.15, -0.1) is 0 Å². The SMILES string of the molecule is CC(C)(C)CCN1C(=O)CNC1c1ccc(F)cc1. The lowest BCUT2D eigenvalue weighted by atomic mass is 9.92. The average molecular weight is 264 g/mol. The Morgan fingerprint density at radius 1 is 1.32 bits per heavy atom. The topological polar surface area (TPSA) is 32.3 Å². The van der Waals surface area contributed by atoms with Gasteiger partial charge in [-0.3, -0.25) is 10.1 Å². The Labute approximate surface area is 113 Å². The third kappa shape index (κ3) is 3.53. The molecule has 0 aliphatic carbocycles. The maximum absolute atomic E-state index is 13.0. The van der Waals surface area contributed by atoms with Gasteiger partial charge in [0.1, 0.15) is 12.0 Å². The van der Waals surface area contributed by atoms with Gasteiger partial charge in [0.25, 0.3) is 0 Å². The van der Waals surface area contributed by atoms with Gasteiger partial charge in [-0.25, -0.2) is 4.39 Å². The Balaban J connectivity index is 2.11. The molecule has 104 valence electrons. The molecule has 1 aliphatic heterocycles. The number of nitrogens with one attached hydrogen (secondary N) is 1. The van der Waals surface area contributed by atoms with Crippen molar-refractivity contribution in [2.75, 3.05) is 13.1 Å². The molecule has 1 fully saturated rings. The molecule has 1 aromatic carbocycles. The molecule has 1 saturated heterocycles. The molecule has 1 amide bonds. The summed E-state index contributed by atoms with van der Waals surface area (Å²) in [6, 6.07) is 6.33. The van der Waals surface area contributed by atoms with E-state index >= 15 is 0 Å². The first-order valence-electron chi connectivity index (χ1n) is 6.65. The lowest BCUT2D eigenvalue weighted by molar-refractivity contribution is -0.128. The highest BCUT2D eigenvalue weighted by Crippen LogP contribution is 2.26. The molecule has 4 heteroatoms. The number of carbonyl (C=O) groups excluding carboxylic acids is 1. The monoisotopic (exact) mass is 264 g/mol. The highest BCUT2D eigenvalue weighted by atomic mass is 19.1. The molecule has 1 atom stereocenters. The first kappa shape index (κ1) is 14.0. The van der Waals surface area contributed by atoms with Crippen LogP contribution in [0.3, 0.4) is 0 Å². The lowest BCUT2D eigenvalue weighted by Crippen LogP contribution is -2.33. The Morgan fingerprint density at radius 3 is 2.53 bits per heavy atom. The second-order valence-corrected chi connectivity index (χ2v) is 6.23. The lowest BCUT2D eigenvalue weighted by Gasteiger charge is -2.28. The minimum atomic E-state index is -0.255. The van der Waals surface area contributed by atoms with E-state index in [1.807, 2.05) is 4.90 Å². The van der Waals surface area contributed by atoms with Gasteiger partial charge in [-0.2, -0.15) is 0 Å². The predicted molar refractivity (Wildman–Crippen MR) is 72.9 cm³/mol. The van der Waals surface area contributed by atoms with Crippen LogP contribution in [0.15, 0.2) is 24.3 Å². The molecule has 0 bridgehead atoms. The van der Waals surface area contributed by atoms with Crippen LogP contribution in [-0.4, -0.2) is 23.9 Å². The van der Waals surface area contributed by atoms with E-state index < -0.39 is 0 Å². The van der Waals surface area contributed by atoms with E-state index in [0.717, 1.165) is 18.5 Å². The smallest absolute Gasteiger partial charge is 0.238 e. The zero-order valence-corrected chi connectivity index (χ0v) is 11.7. The van der Waals surface area contributed by atoms with Crippen LogP contribution in [0.5, 0.6) is 0 Å². The Kier molecular flexibility index (Phi) is 3.90. The van der Waals surface area contributed by atoms with Crippen LogP contribution in [0.25, 0.3) is 0 Å². The Hall–Kier alpha value is -1.42. The van der Waals surface area contributed by atoms with Crippen LogP contribution in [0.1, 0.15) is 38.9 Å². The predicted octanol–water partition coefficient (Wildman–Crippen LogP) is 2.69. The zero-order chi connectivity index (χ0) is 14.0. The van der Waals surface area contributed by atoms with Crippen molar-refractivity contribution >= 4 is 5.91 Å². The van der Waals surface area contributed by atoms with Crippen LogP contribution in [0, 0.1) is 11.2 Å². The van der Waals surface area contributed by atoms with Gasteiger partial charge in [0.2, 0.25) is 5.91 Å². The van der Waals surface area contributed by atoms with Gasteiger partial charge in [-0.1, -0.05) is 32.9 Å². The van der Waals surface area contributed by atoms with E-state index in [4.69, 9.17) is 0 Å². The highest BCUT2D eigenvalue weighted by Gasteiger charge is 2.31. The van der Waals surface area contributed by atoms with E-state index in [9.17, 15) is 9.18 Å². The third-order valence-corrected chi connectivity index (χ3v) is 3.37. The molecule has 1 heterocycles. The highest BCUT2D eigenvalue weighted by molar-refractivity contribution is 5.80. The summed E-state index contributed by atoms with van der Waals surface area (Å²) in [6.07, 6.45) is 0.813. The van der Waals surface area contributed by atoms with Crippen molar-refractivity contribution in [1.29, 1.82) is 0 Å². The van der Waals surface area contributed by atoms with Crippen molar-refractivity contribution in [3.05, 3.63) is 35.6 Å².